The van der Waals surface area contributed by atoms with E-state index in [0.29, 0.717) is 18.1 Å². The van der Waals surface area contributed by atoms with Crippen LogP contribution in [-0.2, 0) is 14.8 Å². The van der Waals surface area contributed by atoms with E-state index in [0.717, 1.165) is 5.56 Å². The van der Waals surface area contributed by atoms with Gasteiger partial charge in [-0.3, -0.25) is 20.4 Å². The number of rotatable bonds is 7. The zero-order valence-electron chi connectivity index (χ0n) is 16.1. The van der Waals surface area contributed by atoms with Crippen LogP contribution in [0.3, 0.4) is 0 Å². The first kappa shape index (κ1) is 22.6. The minimum Gasteiger partial charge on any atom is -0.268 e. The molecule has 29 heavy (non-hydrogen) atoms. The molecule has 0 radical (unpaired) electrons. The number of carbonyl (C=O) groups excluding carboxylic acids is 2. The Balaban J connectivity index is 2.02. The van der Waals surface area contributed by atoms with Crippen molar-refractivity contribution in [2.24, 2.45) is 0 Å². The summed E-state index contributed by atoms with van der Waals surface area (Å²) in [7, 11) is -3.69. The van der Waals surface area contributed by atoms with Gasteiger partial charge in [-0.15, -0.1) is 0 Å². The quantitative estimate of drug-likeness (QED) is 0.516. The Morgan fingerprint density at radius 2 is 1.69 bits per heavy atom. The van der Waals surface area contributed by atoms with Crippen LogP contribution in [0.15, 0.2) is 59.5 Å². The van der Waals surface area contributed by atoms with Gasteiger partial charge < -0.3 is 0 Å². The highest BCUT2D eigenvalue weighted by Gasteiger charge is 2.22. The van der Waals surface area contributed by atoms with Gasteiger partial charge in [-0.2, -0.15) is 4.31 Å². The molecule has 2 rings (SSSR count). The number of hydrazine groups is 1. The van der Waals surface area contributed by atoms with Gasteiger partial charge in [-0.05, 0) is 42.0 Å². The molecule has 2 aromatic carbocycles. The fraction of sp³-hybridized carbons (Fsp3) is 0.200. The number of nitrogens with one attached hydrogen (secondary N) is 2. The number of halogens is 1. The molecule has 9 heteroatoms. The van der Waals surface area contributed by atoms with Crippen LogP contribution >= 0.6 is 11.6 Å². The molecule has 0 saturated carbocycles. The number of nitrogens with zero attached hydrogens (tertiary/aromatic N) is 1. The molecule has 0 aliphatic heterocycles. The predicted octanol–water partition coefficient (Wildman–Crippen LogP) is 2.84. The van der Waals surface area contributed by atoms with E-state index in [-0.39, 0.29) is 10.5 Å². The summed E-state index contributed by atoms with van der Waals surface area (Å²) >= 11 is 5.80. The largest absolute Gasteiger partial charge is 0.269 e. The number of carbonyl (C=O) groups is 2. The molecule has 154 valence electrons. The van der Waals surface area contributed by atoms with E-state index in [1.807, 2.05) is 0 Å². The third-order valence-corrected chi connectivity index (χ3v) is 6.33. The molecule has 0 atom stereocenters. The van der Waals surface area contributed by atoms with Crippen LogP contribution < -0.4 is 10.9 Å². The number of sulfonamides is 1. The van der Waals surface area contributed by atoms with E-state index < -0.39 is 21.8 Å². The average Bonchev–Trinajstić information content (AvgIpc) is 2.72. The molecule has 0 spiro atoms. The molecule has 2 aromatic rings. The number of hydrogen-bond donors (Lipinski definition) is 2. The van der Waals surface area contributed by atoms with E-state index in [4.69, 9.17) is 11.6 Å². The van der Waals surface area contributed by atoms with Gasteiger partial charge in [0.2, 0.25) is 10.0 Å². The van der Waals surface area contributed by atoms with Crippen molar-refractivity contribution in [3.8, 4) is 0 Å². The van der Waals surface area contributed by atoms with Gasteiger partial charge in [0, 0.05) is 29.8 Å². The smallest absolute Gasteiger partial charge is 0.268 e. The SMILES string of the molecule is CCN(CC)S(=O)(=O)c1cccc(C(=O)NNC(=O)/C=C/c2ccc(Cl)cc2)c1. The lowest BCUT2D eigenvalue weighted by atomic mass is 10.2. The third-order valence-electron chi connectivity index (χ3n) is 4.04. The van der Waals surface area contributed by atoms with Gasteiger partial charge in [0.05, 0.1) is 4.90 Å². The first-order valence-corrected chi connectivity index (χ1v) is 10.7. The van der Waals surface area contributed by atoms with Crippen LogP contribution in [0.4, 0.5) is 0 Å². The molecule has 0 saturated heterocycles. The Kier molecular flexibility index (Phi) is 7.95. The van der Waals surface area contributed by atoms with Crippen molar-refractivity contribution in [2.75, 3.05) is 13.1 Å². The Morgan fingerprint density at radius 1 is 1.03 bits per heavy atom. The molecule has 2 amide bonds. The van der Waals surface area contributed by atoms with Crippen LogP contribution in [-0.4, -0.2) is 37.6 Å². The van der Waals surface area contributed by atoms with E-state index in [9.17, 15) is 18.0 Å². The minimum atomic E-state index is -3.69. The summed E-state index contributed by atoms with van der Waals surface area (Å²) in [5, 5.41) is 0.587. The minimum absolute atomic E-state index is 0.0165. The number of hydrogen-bond acceptors (Lipinski definition) is 4. The summed E-state index contributed by atoms with van der Waals surface area (Å²) in [5.41, 5.74) is 5.40. The highest BCUT2D eigenvalue weighted by Crippen LogP contribution is 2.17. The maximum Gasteiger partial charge on any atom is 0.269 e. The highest BCUT2D eigenvalue weighted by molar-refractivity contribution is 7.89. The van der Waals surface area contributed by atoms with Crippen molar-refractivity contribution in [1.82, 2.24) is 15.2 Å². The van der Waals surface area contributed by atoms with Crippen LogP contribution in [0, 0.1) is 0 Å². The summed E-state index contributed by atoms with van der Waals surface area (Å²) in [4.78, 5) is 24.2. The fourth-order valence-electron chi connectivity index (χ4n) is 2.49. The molecule has 0 bridgehead atoms. The maximum atomic E-state index is 12.6. The molecule has 2 N–H and O–H groups in total. The highest BCUT2D eigenvalue weighted by atomic mass is 35.5. The Labute approximate surface area is 175 Å². The van der Waals surface area contributed by atoms with Gasteiger partial charge in [0.15, 0.2) is 0 Å². The Hall–Kier alpha value is -2.68. The lowest BCUT2D eigenvalue weighted by molar-refractivity contribution is -0.117. The zero-order chi connectivity index (χ0) is 21.4. The molecule has 0 unspecified atom stereocenters. The monoisotopic (exact) mass is 435 g/mol. The summed E-state index contributed by atoms with van der Waals surface area (Å²) in [6.45, 7) is 4.13. The van der Waals surface area contributed by atoms with Crippen molar-refractivity contribution in [2.45, 2.75) is 18.7 Å². The van der Waals surface area contributed by atoms with Gasteiger partial charge in [-0.25, -0.2) is 8.42 Å². The molecule has 0 fully saturated rings. The van der Waals surface area contributed by atoms with Gasteiger partial charge in [0.25, 0.3) is 11.8 Å². The van der Waals surface area contributed by atoms with Crippen molar-refractivity contribution >= 4 is 39.5 Å². The van der Waals surface area contributed by atoms with Gasteiger partial charge >= 0.3 is 0 Å². The van der Waals surface area contributed by atoms with Crippen molar-refractivity contribution in [3.63, 3.8) is 0 Å². The van der Waals surface area contributed by atoms with Crippen molar-refractivity contribution in [1.29, 1.82) is 0 Å². The van der Waals surface area contributed by atoms with E-state index >= 15 is 0 Å². The normalized spacial score (nSPS) is 11.6. The summed E-state index contributed by atoms with van der Waals surface area (Å²) in [6, 6.07) is 12.5. The maximum absolute atomic E-state index is 12.6. The Bertz CT molecular complexity index is 1000. The van der Waals surface area contributed by atoms with Gasteiger partial charge in [0.1, 0.15) is 0 Å². The average molecular weight is 436 g/mol. The second-order valence-electron chi connectivity index (χ2n) is 5.95. The summed E-state index contributed by atoms with van der Waals surface area (Å²) < 4.78 is 26.5. The molecule has 7 nitrogen and oxygen atoms in total. The second-order valence-corrected chi connectivity index (χ2v) is 8.32. The topological polar surface area (TPSA) is 95.6 Å². The predicted molar refractivity (Wildman–Crippen MR) is 113 cm³/mol. The first-order chi connectivity index (χ1) is 13.8. The van der Waals surface area contributed by atoms with Crippen molar-refractivity contribution in [3.05, 3.63) is 70.8 Å². The Morgan fingerprint density at radius 3 is 2.31 bits per heavy atom. The van der Waals surface area contributed by atoms with Crippen LogP contribution in [0.1, 0.15) is 29.8 Å². The summed E-state index contributed by atoms with van der Waals surface area (Å²) in [5.74, 6) is -1.17. The third kappa shape index (κ3) is 6.15. The van der Waals surface area contributed by atoms with E-state index in [1.165, 1.54) is 34.6 Å². The standard InChI is InChI=1S/C20H22ClN3O4S/c1-3-24(4-2)29(27,28)18-7-5-6-16(14-18)20(26)23-22-19(25)13-10-15-8-11-17(21)12-9-15/h5-14H,3-4H2,1-2H3,(H,22,25)(H,23,26)/b13-10+. The zero-order valence-corrected chi connectivity index (χ0v) is 17.6. The molecule has 0 aliphatic rings. The lowest BCUT2D eigenvalue weighted by Crippen LogP contribution is -2.40. The number of benzene rings is 2. The second kappa shape index (κ2) is 10.2. The molecular weight excluding hydrogens is 414 g/mol. The number of amides is 2. The fourth-order valence-corrected chi connectivity index (χ4v) is 4.12. The van der Waals surface area contributed by atoms with Crippen LogP contribution in [0.2, 0.25) is 5.02 Å². The summed E-state index contributed by atoms with van der Waals surface area (Å²) in [6.07, 6.45) is 2.82. The lowest BCUT2D eigenvalue weighted by Gasteiger charge is -2.18. The molecule has 0 heterocycles. The van der Waals surface area contributed by atoms with Gasteiger partial charge in [-0.1, -0.05) is 43.6 Å². The van der Waals surface area contributed by atoms with Crippen LogP contribution in [0.25, 0.3) is 6.08 Å². The van der Waals surface area contributed by atoms with Crippen LogP contribution in [0.5, 0.6) is 0 Å². The van der Waals surface area contributed by atoms with E-state index in [1.54, 1.807) is 44.2 Å². The molecule has 0 aliphatic carbocycles. The molecular formula is C20H22ClN3O4S. The van der Waals surface area contributed by atoms with Crippen molar-refractivity contribution < 1.29 is 18.0 Å². The molecule has 0 aromatic heterocycles. The van der Waals surface area contributed by atoms with E-state index in [2.05, 4.69) is 10.9 Å². The first-order valence-electron chi connectivity index (χ1n) is 8.92.